The molecule has 0 atom stereocenters. The normalized spacial score (nSPS) is 16.9. The Hall–Kier alpha value is -3.02. The van der Waals surface area contributed by atoms with Gasteiger partial charge in [0.2, 0.25) is 5.91 Å². The second-order valence-electron chi connectivity index (χ2n) is 9.33. The van der Waals surface area contributed by atoms with Crippen molar-refractivity contribution in [3.05, 3.63) is 59.2 Å². The molecule has 0 saturated carbocycles. The van der Waals surface area contributed by atoms with Gasteiger partial charge in [-0.3, -0.25) is 4.79 Å². The van der Waals surface area contributed by atoms with Gasteiger partial charge in [0.15, 0.2) is 0 Å². The number of rotatable bonds is 4. The Kier molecular flexibility index (Phi) is 5.20. The first-order valence-electron chi connectivity index (χ1n) is 10.7. The minimum Gasteiger partial charge on any atom is -0.497 e. The summed E-state index contributed by atoms with van der Waals surface area (Å²) in [7, 11) is 1.64. The van der Waals surface area contributed by atoms with E-state index in [1.807, 2.05) is 41.3 Å². The number of nitrogens with zero attached hydrogens (tertiary/aromatic N) is 2. The third-order valence-electron chi connectivity index (χ3n) is 6.22. The Morgan fingerprint density at radius 3 is 2.35 bits per heavy atom. The summed E-state index contributed by atoms with van der Waals surface area (Å²) in [4.78, 5) is 29.6. The molecule has 0 radical (unpaired) electrons. The van der Waals surface area contributed by atoms with Crippen molar-refractivity contribution in [3.8, 4) is 5.75 Å². The molecule has 2 aromatic carbocycles. The van der Waals surface area contributed by atoms with Crippen LogP contribution in [0.3, 0.4) is 0 Å². The molecule has 0 bridgehead atoms. The van der Waals surface area contributed by atoms with E-state index in [0.717, 1.165) is 28.1 Å². The fourth-order valence-corrected chi connectivity index (χ4v) is 4.68. The molecule has 6 heteroatoms. The zero-order valence-electron chi connectivity index (χ0n) is 18.9. The third-order valence-corrected chi connectivity index (χ3v) is 6.22. The average molecular weight is 423 g/mol. The number of hydrogen-bond donors (Lipinski definition) is 0. The summed E-state index contributed by atoms with van der Waals surface area (Å²) in [5, 5.41) is 0. The Morgan fingerprint density at radius 1 is 1.10 bits per heavy atom. The number of fused-ring (bicyclic) bond motifs is 2. The lowest BCUT2D eigenvalue weighted by Gasteiger charge is -2.47. The van der Waals surface area contributed by atoms with E-state index in [1.165, 1.54) is 0 Å². The lowest BCUT2D eigenvalue weighted by molar-refractivity contribution is -0.128. The molecule has 1 spiro atoms. The van der Waals surface area contributed by atoms with Gasteiger partial charge in [-0.2, -0.15) is 0 Å². The van der Waals surface area contributed by atoms with Crippen LogP contribution in [0.4, 0.5) is 10.5 Å². The van der Waals surface area contributed by atoms with Gasteiger partial charge >= 0.3 is 6.09 Å². The van der Waals surface area contributed by atoms with Crippen molar-refractivity contribution in [1.82, 2.24) is 4.90 Å². The van der Waals surface area contributed by atoms with E-state index in [1.54, 1.807) is 18.9 Å². The molecule has 0 aliphatic carbocycles. The minimum absolute atomic E-state index is 0.0515. The lowest BCUT2D eigenvalue weighted by Crippen LogP contribution is -2.65. The Morgan fingerprint density at radius 2 is 1.77 bits per heavy atom. The number of likely N-dealkylation sites (tertiary alicyclic amines) is 1. The van der Waals surface area contributed by atoms with E-state index in [9.17, 15) is 9.59 Å². The highest BCUT2D eigenvalue weighted by Gasteiger charge is 2.60. The second-order valence-corrected chi connectivity index (χ2v) is 9.33. The van der Waals surface area contributed by atoms with Crippen LogP contribution in [0.25, 0.3) is 0 Å². The van der Waals surface area contributed by atoms with E-state index in [4.69, 9.17) is 9.47 Å². The molecule has 164 valence electrons. The Bertz CT molecular complexity index is 1000. The lowest BCUT2D eigenvalue weighted by atomic mass is 9.69. The summed E-state index contributed by atoms with van der Waals surface area (Å²) < 4.78 is 10.4. The summed E-state index contributed by atoms with van der Waals surface area (Å²) in [6.07, 6.45) is -0.357. The van der Waals surface area contributed by atoms with Crippen LogP contribution in [-0.4, -0.2) is 43.7 Å². The highest BCUT2D eigenvalue weighted by atomic mass is 16.6. The van der Waals surface area contributed by atoms with Gasteiger partial charge in [-0.05, 0) is 47.2 Å². The monoisotopic (exact) mass is 422 g/mol. The topological polar surface area (TPSA) is 59.1 Å². The quantitative estimate of drug-likeness (QED) is 0.739. The van der Waals surface area contributed by atoms with Crippen molar-refractivity contribution in [3.63, 3.8) is 0 Å². The Labute approximate surface area is 183 Å². The molecule has 2 heterocycles. The molecule has 2 amide bonds. The summed E-state index contributed by atoms with van der Waals surface area (Å²) in [6, 6.07) is 13.9. The van der Waals surface area contributed by atoms with Gasteiger partial charge in [0, 0.05) is 18.8 Å². The average Bonchev–Trinajstić information content (AvgIpc) is 2.95. The first-order chi connectivity index (χ1) is 14.7. The molecule has 2 aliphatic rings. The minimum atomic E-state index is -0.710. The molecule has 0 unspecified atom stereocenters. The van der Waals surface area contributed by atoms with Crippen LogP contribution in [0.2, 0.25) is 0 Å². The number of hydrogen-bond acceptors (Lipinski definition) is 4. The SMILES string of the molecule is CCOC(=O)N1CC2(C1)C(=O)N(Cc1ccc(OC)cc1)c1cccc(C(C)(C)C)c12. The van der Waals surface area contributed by atoms with Crippen LogP contribution >= 0.6 is 0 Å². The summed E-state index contributed by atoms with van der Waals surface area (Å²) in [5.74, 6) is 0.836. The van der Waals surface area contributed by atoms with Crippen LogP contribution in [0.15, 0.2) is 42.5 Å². The first kappa shape index (κ1) is 21.2. The molecule has 0 aromatic heterocycles. The molecule has 1 saturated heterocycles. The number of methoxy groups -OCH3 is 1. The summed E-state index contributed by atoms with van der Waals surface area (Å²) >= 11 is 0. The van der Waals surface area contributed by atoms with Gasteiger partial charge in [0.1, 0.15) is 11.2 Å². The van der Waals surface area contributed by atoms with Gasteiger partial charge in [-0.25, -0.2) is 4.79 Å². The van der Waals surface area contributed by atoms with Crippen molar-refractivity contribution in [2.24, 2.45) is 0 Å². The first-order valence-corrected chi connectivity index (χ1v) is 10.7. The van der Waals surface area contributed by atoms with Gasteiger partial charge in [-0.15, -0.1) is 0 Å². The number of benzene rings is 2. The van der Waals surface area contributed by atoms with Gasteiger partial charge in [-0.1, -0.05) is 45.0 Å². The van der Waals surface area contributed by atoms with E-state index in [-0.39, 0.29) is 17.4 Å². The molecule has 6 nitrogen and oxygen atoms in total. The number of amides is 2. The molecule has 2 aromatic rings. The number of carbonyl (C=O) groups is 2. The van der Waals surface area contributed by atoms with Crippen LogP contribution < -0.4 is 9.64 Å². The summed E-state index contributed by atoms with van der Waals surface area (Å²) in [5.41, 5.74) is 3.34. The van der Waals surface area contributed by atoms with Crippen molar-refractivity contribution < 1.29 is 19.1 Å². The molecular weight excluding hydrogens is 392 g/mol. The summed E-state index contributed by atoms with van der Waals surface area (Å²) in [6.45, 7) is 9.78. The smallest absolute Gasteiger partial charge is 0.409 e. The molecule has 4 rings (SSSR count). The maximum Gasteiger partial charge on any atom is 0.409 e. The van der Waals surface area contributed by atoms with Crippen LogP contribution in [0, 0.1) is 0 Å². The fourth-order valence-electron chi connectivity index (χ4n) is 4.68. The number of anilines is 1. The highest BCUT2D eigenvalue weighted by Crippen LogP contribution is 2.51. The predicted octanol–water partition coefficient (Wildman–Crippen LogP) is 4.25. The molecule has 1 fully saturated rings. The van der Waals surface area contributed by atoms with Gasteiger partial charge < -0.3 is 19.3 Å². The van der Waals surface area contributed by atoms with E-state index in [0.29, 0.717) is 26.2 Å². The number of ether oxygens (including phenoxy) is 2. The molecule has 0 N–H and O–H groups in total. The van der Waals surface area contributed by atoms with E-state index in [2.05, 4.69) is 26.8 Å². The van der Waals surface area contributed by atoms with Gasteiger partial charge in [0.05, 0.1) is 20.3 Å². The highest BCUT2D eigenvalue weighted by molar-refractivity contribution is 6.10. The van der Waals surface area contributed by atoms with E-state index >= 15 is 0 Å². The third kappa shape index (κ3) is 3.44. The molecule has 2 aliphatic heterocycles. The number of carbonyl (C=O) groups excluding carboxylic acids is 2. The van der Waals surface area contributed by atoms with Crippen LogP contribution in [0.5, 0.6) is 5.75 Å². The largest absolute Gasteiger partial charge is 0.497 e. The Balaban J connectivity index is 1.73. The fraction of sp³-hybridized carbons (Fsp3) is 0.440. The van der Waals surface area contributed by atoms with Crippen molar-refractivity contribution in [1.29, 1.82) is 0 Å². The maximum atomic E-state index is 13.8. The van der Waals surface area contributed by atoms with Crippen molar-refractivity contribution >= 4 is 17.7 Å². The van der Waals surface area contributed by atoms with Crippen molar-refractivity contribution in [2.45, 2.75) is 45.1 Å². The zero-order valence-corrected chi connectivity index (χ0v) is 18.9. The maximum absolute atomic E-state index is 13.8. The van der Waals surface area contributed by atoms with Gasteiger partial charge in [0.25, 0.3) is 0 Å². The van der Waals surface area contributed by atoms with Crippen LogP contribution in [0.1, 0.15) is 44.4 Å². The van der Waals surface area contributed by atoms with Crippen LogP contribution in [-0.2, 0) is 26.9 Å². The van der Waals surface area contributed by atoms with Crippen molar-refractivity contribution in [2.75, 3.05) is 31.7 Å². The van der Waals surface area contributed by atoms with E-state index < -0.39 is 5.41 Å². The molecule has 31 heavy (non-hydrogen) atoms. The zero-order chi connectivity index (χ0) is 22.4. The standard InChI is InChI=1S/C25H30N2O4/c1-6-31-23(29)26-15-25(16-26)21-19(24(2,3)4)8-7-9-20(21)27(22(25)28)14-17-10-12-18(30-5)13-11-17/h7-13H,6,14-16H2,1-5H3. The predicted molar refractivity (Wildman–Crippen MR) is 120 cm³/mol. The second kappa shape index (κ2) is 7.59. The molecular formula is C25H30N2O4.